The molecule has 3 rings (SSSR count). The Labute approximate surface area is 141 Å². The van der Waals surface area contributed by atoms with Crippen LogP contribution in [0.2, 0.25) is 0 Å². The number of fused-ring (bicyclic) bond motifs is 1. The van der Waals surface area contributed by atoms with Crippen molar-refractivity contribution in [2.24, 2.45) is 0 Å². The van der Waals surface area contributed by atoms with Gasteiger partial charge >= 0.3 is 0 Å². The van der Waals surface area contributed by atoms with Gasteiger partial charge in [-0.3, -0.25) is 9.59 Å². The first kappa shape index (κ1) is 16.3. The van der Waals surface area contributed by atoms with Crippen molar-refractivity contribution in [3.05, 3.63) is 57.5 Å². The van der Waals surface area contributed by atoms with Gasteiger partial charge in [-0.2, -0.15) is 0 Å². The Balaban J connectivity index is 1.97. The lowest BCUT2D eigenvalue weighted by molar-refractivity contribution is 0.102. The molecule has 1 aromatic carbocycles. The third-order valence-corrected chi connectivity index (χ3v) is 4.49. The van der Waals surface area contributed by atoms with Crippen LogP contribution in [0.1, 0.15) is 41.4 Å². The van der Waals surface area contributed by atoms with Crippen molar-refractivity contribution in [2.75, 3.05) is 12.4 Å². The first-order chi connectivity index (χ1) is 11.6. The molecule has 2 aromatic rings. The molecule has 1 aromatic heterocycles. The van der Waals surface area contributed by atoms with Gasteiger partial charge in [0.05, 0.1) is 7.11 Å². The van der Waals surface area contributed by atoms with E-state index >= 15 is 0 Å². The largest absolute Gasteiger partial charge is 0.496 e. The summed E-state index contributed by atoms with van der Waals surface area (Å²) in [5.41, 5.74) is 3.09. The van der Waals surface area contributed by atoms with Gasteiger partial charge in [-0.25, -0.2) is 0 Å². The van der Waals surface area contributed by atoms with E-state index in [4.69, 9.17) is 4.74 Å². The molecule has 5 nitrogen and oxygen atoms in total. The SMILES string of the molecule is CCc1ccc(NC(=O)c2c(OC)cc(=O)n3c2CCCC3)cc1. The predicted molar refractivity (Wildman–Crippen MR) is 94.0 cm³/mol. The van der Waals surface area contributed by atoms with Gasteiger partial charge < -0.3 is 14.6 Å². The highest BCUT2D eigenvalue weighted by atomic mass is 16.5. The first-order valence-corrected chi connectivity index (χ1v) is 8.35. The molecule has 24 heavy (non-hydrogen) atoms. The summed E-state index contributed by atoms with van der Waals surface area (Å²) in [5.74, 6) is 0.109. The van der Waals surface area contributed by atoms with Gasteiger partial charge in [0, 0.05) is 24.0 Å². The molecule has 0 bridgehead atoms. The fourth-order valence-corrected chi connectivity index (χ4v) is 3.16. The summed E-state index contributed by atoms with van der Waals surface area (Å²) >= 11 is 0. The summed E-state index contributed by atoms with van der Waals surface area (Å²) in [6, 6.07) is 9.19. The normalized spacial score (nSPS) is 13.2. The fraction of sp³-hybridized carbons (Fsp3) is 0.368. The molecule has 5 heteroatoms. The monoisotopic (exact) mass is 326 g/mol. The number of nitrogens with one attached hydrogen (secondary N) is 1. The van der Waals surface area contributed by atoms with E-state index in [2.05, 4.69) is 12.2 Å². The molecule has 0 saturated heterocycles. The zero-order valence-electron chi connectivity index (χ0n) is 14.1. The average Bonchev–Trinajstić information content (AvgIpc) is 2.62. The topological polar surface area (TPSA) is 60.3 Å². The minimum Gasteiger partial charge on any atom is -0.496 e. The van der Waals surface area contributed by atoms with Crippen LogP contribution in [-0.4, -0.2) is 17.6 Å². The third-order valence-electron chi connectivity index (χ3n) is 4.49. The second kappa shape index (κ2) is 6.91. The number of ether oxygens (including phenoxy) is 1. The van der Waals surface area contributed by atoms with E-state index in [9.17, 15) is 9.59 Å². The van der Waals surface area contributed by atoms with Crippen molar-refractivity contribution in [1.82, 2.24) is 4.57 Å². The van der Waals surface area contributed by atoms with Crippen LogP contribution in [0.25, 0.3) is 0 Å². The second-order valence-corrected chi connectivity index (χ2v) is 5.99. The van der Waals surface area contributed by atoms with Crippen LogP contribution in [-0.2, 0) is 19.4 Å². The van der Waals surface area contributed by atoms with E-state index in [1.807, 2.05) is 24.3 Å². The van der Waals surface area contributed by atoms with Crippen molar-refractivity contribution >= 4 is 11.6 Å². The smallest absolute Gasteiger partial charge is 0.261 e. The van der Waals surface area contributed by atoms with E-state index < -0.39 is 0 Å². The molecule has 0 fully saturated rings. The van der Waals surface area contributed by atoms with Gasteiger partial charge in [-0.15, -0.1) is 0 Å². The highest BCUT2D eigenvalue weighted by molar-refractivity contribution is 6.07. The van der Waals surface area contributed by atoms with E-state index in [-0.39, 0.29) is 11.5 Å². The molecule has 1 aliphatic rings. The van der Waals surface area contributed by atoms with Crippen molar-refractivity contribution in [2.45, 2.75) is 39.2 Å². The molecule has 126 valence electrons. The zero-order valence-corrected chi connectivity index (χ0v) is 14.1. The molecule has 0 unspecified atom stereocenters. The zero-order chi connectivity index (χ0) is 17.1. The number of methoxy groups -OCH3 is 1. The van der Waals surface area contributed by atoms with Gasteiger partial charge in [0.25, 0.3) is 11.5 Å². The van der Waals surface area contributed by atoms with Crippen LogP contribution >= 0.6 is 0 Å². The number of benzene rings is 1. The minimum absolute atomic E-state index is 0.106. The second-order valence-electron chi connectivity index (χ2n) is 5.99. The number of pyridine rings is 1. The predicted octanol–water partition coefficient (Wildman–Crippen LogP) is 3.01. The Morgan fingerprint density at radius 3 is 2.67 bits per heavy atom. The third kappa shape index (κ3) is 3.07. The Morgan fingerprint density at radius 2 is 2.00 bits per heavy atom. The number of anilines is 1. The van der Waals surface area contributed by atoms with Crippen LogP contribution in [0.15, 0.2) is 35.1 Å². The standard InChI is InChI=1S/C19H22N2O3/c1-3-13-7-9-14(10-8-13)20-19(23)18-15-6-4-5-11-21(15)17(22)12-16(18)24-2/h7-10,12H,3-6,11H2,1-2H3,(H,20,23). The molecule has 0 radical (unpaired) electrons. The summed E-state index contributed by atoms with van der Waals surface area (Å²) < 4.78 is 7.01. The lowest BCUT2D eigenvalue weighted by atomic mass is 10.0. The van der Waals surface area contributed by atoms with Gasteiger partial charge in [-0.05, 0) is 43.4 Å². The number of amides is 1. The Morgan fingerprint density at radius 1 is 1.25 bits per heavy atom. The van der Waals surface area contributed by atoms with Gasteiger partial charge in [-0.1, -0.05) is 19.1 Å². The van der Waals surface area contributed by atoms with Crippen LogP contribution in [0, 0.1) is 0 Å². The van der Waals surface area contributed by atoms with E-state index in [1.165, 1.54) is 18.7 Å². The molecule has 0 atom stereocenters. The van der Waals surface area contributed by atoms with Crippen molar-refractivity contribution in [1.29, 1.82) is 0 Å². The van der Waals surface area contributed by atoms with Crippen molar-refractivity contribution in [3.8, 4) is 5.75 Å². The summed E-state index contributed by atoms with van der Waals surface area (Å²) in [6.45, 7) is 2.75. The molecule has 1 N–H and O–H groups in total. The highest BCUT2D eigenvalue weighted by Gasteiger charge is 2.24. The number of aryl methyl sites for hydroxylation is 1. The number of hydrogen-bond donors (Lipinski definition) is 1. The molecule has 1 aliphatic heterocycles. The van der Waals surface area contributed by atoms with Gasteiger partial charge in [0.15, 0.2) is 0 Å². The number of carbonyl (C=O) groups excluding carboxylic acids is 1. The summed E-state index contributed by atoms with van der Waals surface area (Å²) in [7, 11) is 1.49. The van der Waals surface area contributed by atoms with Crippen LogP contribution < -0.4 is 15.6 Å². The van der Waals surface area contributed by atoms with Gasteiger partial charge in [0.2, 0.25) is 0 Å². The molecule has 0 aliphatic carbocycles. The van der Waals surface area contributed by atoms with Crippen LogP contribution in [0.5, 0.6) is 5.75 Å². The van der Waals surface area contributed by atoms with Crippen LogP contribution in [0.3, 0.4) is 0 Å². The highest BCUT2D eigenvalue weighted by Crippen LogP contribution is 2.26. The lowest BCUT2D eigenvalue weighted by Gasteiger charge is -2.22. The fourth-order valence-electron chi connectivity index (χ4n) is 3.16. The molecular weight excluding hydrogens is 304 g/mol. The van der Waals surface area contributed by atoms with E-state index in [0.29, 0.717) is 24.3 Å². The van der Waals surface area contributed by atoms with Gasteiger partial charge in [0.1, 0.15) is 11.3 Å². The molecule has 0 spiro atoms. The molecule has 1 amide bonds. The Kier molecular flexibility index (Phi) is 4.69. The number of carbonyl (C=O) groups is 1. The van der Waals surface area contributed by atoms with Crippen LogP contribution in [0.4, 0.5) is 5.69 Å². The maximum atomic E-state index is 12.8. The Bertz CT molecular complexity index is 807. The molecular formula is C19H22N2O3. The summed E-state index contributed by atoms with van der Waals surface area (Å²) in [5, 5.41) is 2.92. The Hall–Kier alpha value is -2.56. The lowest BCUT2D eigenvalue weighted by Crippen LogP contribution is -2.30. The van der Waals surface area contributed by atoms with E-state index in [0.717, 1.165) is 30.6 Å². The average molecular weight is 326 g/mol. The number of hydrogen-bond acceptors (Lipinski definition) is 3. The minimum atomic E-state index is -0.234. The molecule has 0 saturated carbocycles. The van der Waals surface area contributed by atoms with Crippen molar-refractivity contribution in [3.63, 3.8) is 0 Å². The number of aromatic nitrogens is 1. The summed E-state index contributed by atoms with van der Waals surface area (Å²) in [4.78, 5) is 25.0. The van der Waals surface area contributed by atoms with Crippen molar-refractivity contribution < 1.29 is 9.53 Å². The summed E-state index contributed by atoms with van der Waals surface area (Å²) in [6.07, 6.45) is 3.60. The number of rotatable bonds is 4. The first-order valence-electron chi connectivity index (χ1n) is 8.35. The maximum absolute atomic E-state index is 12.8. The number of nitrogens with zero attached hydrogens (tertiary/aromatic N) is 1. The van der Waals surface area contributed by atoms with E-state index in [1.54, 1.807) is 4.57 Å². The molecule has 2 heterocycles. The quantitative estimate of drug-likeness (QED) is 0.939. The maximum Gasteiger partial charge on any atom is 0.261 e.